The minimum atomic E-state index is -3.44. The molecular weight excluding hydrogens is 297 g/mol. The second kappa shape index (κ2) is 5.53. The molecule has 2 aromatic carbocycles. The Balaban J connectivity index is 2.40. The van der Waals surface area contributed by atoms with Gasteiger partial charge in [-0.05, 0) is 30.3 Å². The third kappa shape index (κ3) is 3.38. The van der Waals surface area contributed by atoms with Crippen molar-refractivity contribution in [1.29, 1.82) is 0 Å². The highest BCUT2D eigenvalue weighted by molar-refractivity contribution is 7.90. The van der Waals surface area contributed by atoms with Crippen molar-refractivity contribution in [2.75, 3.05) is 11.6 Å². The van der Waals surface area contributed by atoms with Crippen molar-refractivity contribution < 1.29 is 22.7 Å². The first-order chi connectivity index (χ1) is 9.79. The topological polar surface area (TPSA) is 83.5 Å². The van der Waals surface area contributed by atoms with Crippen molar-refractivity contribution in [3.63, 3.8) is 0 Å². The first-order valence-corrected chi connectivity index (χ1v) is 7.77. The Morgan fingerprint density at radius 3 is 2.43 bits per heavy atom. The van der Waals surface area contributed by atoms with Gasteiger partial charge in [-0.15, -0.1) is 0 Å². The third-order valence-corrected chi connectivity index (χ3v) is 3.92. The highest BCUT2D eigenvalue weighted by Crippen LogP contribution is 2.25. The lowest BCUT2D eigenvalue weighted by atomic mass is 10.2. The quantitative estimate of drug-likeness (QED) is 0.907. The van der Waals surface area contributed by atoms with Gasteiger partial charge in [-0.1, -0.05) is 12.1 Å². The number of hydrogen-bond donors (Lipinski definition) is 2. The second-order valence-corrected chi connectivity index (χ2v) is 6.38. The van der Waals surface area contributed by atoms with Gasteiger partial charge in [0, 0.05) is 11.9 Å². The van der Waals surface area contributed by atoms with E-state index < -0.39 is 27.2 Å². The SMILES string of the molecule is CS(=O)(=O)c1ccccc1Nc1ccc(C(=O)O)c(F)c1. The van der Waals surface area contributed by atoms with Crippen molar-refractivity contribution in [2.45, 2.75) is 4.90 Å². The normalized spacial score (nSPS) is 11.1. The van der Waals surface area contributed by atoms with Crippen LogP contribution in [0.2, 0.25) is 0 Å². The number of nitrogens with one attached hydrogen (secondary N) is 1. The van der Waals surface area contributed by atoms with Crippen molar-refractivity contribution in [3.8, 4) is 0 Å². The Morgan fingerprint density at radius 2 is 1.86 bits per heavy atom. The number of aromatic carboxylic acids is 1. The summed E-state index contributed by atoms with van der Waals surface area (Å²) in [6.45, 7) is 0. The number of carboxylic acids is 1. The van der Waals surface area contributed by atoms with Gasteiger partial charge in [-0.3, -0.25) is 0 Å². The van der Waals surface area contributed by atoms with E-state index in [4.69, 9.17) is 5.11 Å². The monoisotopic (exact) mass is 309 g/mol. The highest BCUT2D eigenvalue weighted by Gasteiger charge is 2.14. The summed E-state index contributed by atoms with van der Waals surface area (Å²) in [5, 5.41) is 11.5. The summed E-state index contributed by atoms with van der Waals surface area (Å²) in [7, 11) is -3.44. The van der Waals surface area contributed by atoms with E-state index in [1.807, 2.05) is 0 Å². The molecule has 0 radical (unpaired) electrons. The van der Waals surface area contributed by atoms with E-state index in [0.29, 0.717) is 5.69 Å². The van der Waals surface area contributed by atoms with E-state index >= 15 is 0 Å². The summed E-state index contributed by atoms with van der Waals surface area (Å²) in [5.41, 5.74) is 0.105. The molecule has 0 heterocycles. The Morgan fingerprint density at radius 1 is 1.19 bits per heavy atom. The Bertz CT molecular complexity index is 802. The van der Waals surface area contributed by atoms with Crippen LogP contribution < -0.4 is 5.32 Å². The molecule has 5 nitrogen and oxygen atoms in total. The fraction of sp³-hybridized carbons (Fsp3) is 0.0714. The first kappa shape index (κ1) is 15.0. The molecule has 0 spiro atoms. The van der Waals surface area contributed by atoms with E-state index in [1.165, 1.54) is 12.1 Å². The van der Waals surface area contributed by atoms with Gasteiger partial charge in [-0.2, -0.15) is 0 Å². The molecule has 21 heavy (non-hydrogen) atoms. The molecule has 0 saturated carbocycles. The van der Waals surface area contributed by atoms with E-state index in [0.717, 1.165) is 18.4 Å². The van der Waals surface area contributed by atoms with Gasteiger partial charge in [0.25, 0.3) is 0 Å². The molecule has 0 aliphatic rings. The molecule has 0 fully saturated rings. The maximum atomic E-state index is 13.6. The number of carboxylic acid groups (broad SMARTS) is 1. The lowest BCUT2D eigenvalue weighted by Gasteiger charge is -2.11. The van der Waals surface area contributed by atoms with Crippen LogP contribution in [0.3, 0.4) is 0 Å². The smallest absolute Gasteiger partial charge is 0.338 e. The molecule has 110 valence electrons. The van der Waals surface area contributed by atoms with Crippen LogP contribution >= 0.6 is 0 Å². The number of halogens is 1. The number of carbonyl (C=O) groups is 1. The molecule has 0 aliphatic carbocycles. The van der Waals surface area contributed by atoms with Crippen LogP contribution in [0, 0.1) is 5.82 Å². The van der Waals surface area contributed by atoms with Crippen molar-refractivity contribution in [2.24, 2.45) is 0 Å². The molecule has 2 rings (SSSR count). The number of rotatable bonds is 4. The largest absolute Gasteiger partial charge is 0.478 e. The minimum Gasteiger partial charge on any atom is -0.478 e. The standard InChI is InChI=1S/C14H12FNO4S/c1-21(19,20)13-5-3-2-4-12(13)16-9-6-7-10(14(17)18)11(15)8-9/h2-8,16H,1H3,(H,17,18). The summed E-state index contributed by atoms with van der Waals surface area (Å²) >= 11 is 0. The van der Waals surface area contributed by atoms with Gasteiger partial charge >= 0.3 is 5.97 Å². The maximum Gasteiger partial charge on any atom is 0.338 e. The lowest BCUT2D eigenvalue weighted by Crippen LogP contribution is -2.04. The van der Waals surface area contributed by atoms with E-state index in [2.05, 4.69) is 5.32 Å². The van der Waals surface area contributed by atoms with Crippen LogP contribution in [-0.4, -0.2) is 25.7 Å². The van der Waals surface area contributed by atoms with Gasteiger partial charge in [0.05, 0.1) is 16.1 Å². The lowest BCUT2D eigenvalue weighted by molar-refractivity contribution is 0.0692. The van der Waals surface area contributed by atoms with Gasteiger partial charge in [0.15, 0.2) is 9.84 Å². The zero-order valence-electron chi connectivity index (χ0n) is 11.0. The molecule has 2 aromatic rings. The molecule has 0 saturated heterocycles. The minimum absolute atomic E-state index is 0.0766. The summed E-state index contributed by atoms with van der Waals surface area (Å²) in [5.74, 6) is -2.26. The predicted octanol–water partition coefficient (Wildman–Crippen LogP) is 2.67. The average Bonchev–Trinajstić information content (AvgIpc) is 2.37. The molecule has 0 unspecified atom stereocenters. The molecule has 0 aliphatic heterocycles. The van der Waals surface area contributed by atoms with Gasteiger partial charge < -0.3 is 10.4 Å². The number of benzene rings is 2. The number of anilines is 2. The van der Waals surface area contributed by atoms with Crippen LogP contribution in [0.5, 0.6) is 0 Å². The van der Waals surface area contributed by atoms with Gasteiger partial charge in [0.1, 0.15) is 5.82 Å². The molecule has 0 atom stereocenters. The summed E-state index contributed by atoms with van der Waals surface area (Å²) in [6, 6.07) is 9.67. The molecule has 0 bridgehead atoms. The fourth-order valence-electron chi connectivity index (χ4n) is 1.82. The Kier molecular flexibility index (Phi) is 3.95. The highest BCUT2D eigenvalue weighted by atomic mass is 32.2. The predicted molar refractivity (Wildman–Crippen MR) is 76.2 cm³/mol. The van der Waals surface area contributed by atoms with Crippen molar-refractivity contribution in [1.82, 2.24) is 0 Å². The van der Waals surface area contributed by atoms with Crippen molar-refractivity contribution >= 4 is 27.2 Å². The van der Waals surface area contributed by atoms with Gasteiger partial charge in [0.2, 0.25) is 0 Å². The molecular formula is C14H12FNO4S. The number of para-hydroxylation sites is 1. The number of sulfone groups is 1. The fourth-order valence-corrected chi connectivity index (χ4v) is 2.66. The Labute approximate surface area is 121 Å². The van der Waals surface area contributed by atoms with Gasteiger partial charge in [-0.25, -0.2) is 17.6 Å². The van der Waals surface area contributed by atoms with Crippen molar-refractivity contribution in [3.05, 3.63) is 53.8 Å². The van der Waals surface area contributed by atoms with Crippen LogP contribution in [0.1, 0.15) is 10.4 Å². The second-order valence-electron chi connectivity index (χ2n) is 4.39. The number of hydrogen-bond acceptors (Lipinski definition) is 4. The van der Waals surface area contributed by atoms with E-state index in [-0.39, 0.29) is 10.6 Å². The molecule has 2 N–H and O–H groups in total. The summed E-state index contributed by atoms with van der Waals surface area (Å²) in [4.78, 5) is 10.8. The zero-order chi connectivity index (χ0) is 15.6. The summed E-state index contributed by atoms with van der Waals surface area (Å²) in [6.07, 6.45) is 1.07. The maximum absolute atomic E-state index is 13.6. The third-order valence-electron chi connectivity index (χ3n) is 2.77. The van der Waals surface area contributed by atoms with Crippen LogP contribution in [0.4, 0.5) is 15.8 Å². The van der Waals surface area contributed by atoms with E-state index in [1.54, 1.807) is 18.2 Å². The summed E-state index contributed by atoms with van der Waals surface area (Å²) < 4.78 is 36.9. The van der Waals surface area contributed by atoms with Crippen LogP contribution in [-0.2, 0) is 9.84 Å². The Hall–Kier alpha value is -2.41. The molecule has 7 heteroatoms. The van der Waals surface area contributed by atoms with Crippen LogP contribution in [0.25, 0.3) is 0 Å². The average molecular weight is 309 g/mol. The van der Waals surface area contributed by atoms with Crippen LogP contribution in [0.15, 0.2) is 47.4 Å². The first-order valence-electron chi connectivity index (χ1n) is 5.88. The molecule has 0 amide bonds. The van der Waals surface area contributed by atoms with E-state index in [9.17, 15) is 17.6 Å². The zero-order valence-corrected chi connectivity index (χ0v) is 11.8. The molecule has 0 aromatic heterocycles.